The first kappa shape index (κ1) is 44.7. The van der Waals surface area contributed by atoms with Crippen molar-refractivity contribution in [3.8, 4) is 0 Å². The molecule has 15 heteroatoms. The summed E-state index contributed by atoms with van der Waals surface area (Å²) in [6.07, 6.45) is -6.10. The number of aliphatic hydroxyl groups is 1. The molecule has 0 saturated carbocycles. The third-order valence-electron chi connectivity index (χ3n) is 11.6. The number of carbonyl (C=O) groups is 3. The zero-order chi connectivity index (χ0) is 41.0. The van der Waals surface area contributed by atoms with Crippen molar-refractivity contribution in [3.63, 3.8) is 0 Å². The number of oxime groups is 1. The Morgan fingerprint density at radius 3 is 2.35 bits per heavy atom. The Morgan fingerprint density at radius 1 is 1.07 bits per heavy atom. The smallest absolute Gasteiger partial charge is 0.458 e. The first-order valence-corrected chi connectivity index (χ1v) is 19.6. The summed E-state index contributed by atoms with van der Waals surface area (Å²) >= 11 is 6.43. The quantitative estimate of drug-likeness (QED) is 0.178. The van der Waals surface area contributed by atoms with E-state index in [1.807, 2.05) is 71.8 Å². The van der Waals surface area contributed by atoms with Gasteiger partial charge < -0.3 is 48.0 Å². The van der Waals surface area contributed by atoms with Gasteiger partial charge in [-0.25, -0.2) is 4.79 Å². The minimum absolute atomic E-state index is 0.0617. The molecule has 3 fully saturated rings. The average molecular weight is 797 g/mol. The van der Waals surface area contributed by atoms with Gasteiger partial charge in [0.25, 0.3) is 0 Å². The molecule has 55 heavy (non-hydrogen) atoms. The van der Waals surface area contributed by atoms with Crippen LogP contribution < -0.4 is 0 Å². The number of halogens is 1. The molecule has 1 aromatic carbocycles. The van der Waals surface area contributed by atoms with Crippen LogP contribution in [0.3, 0.4) is 0 Å². The second kappa shape index (κ2) is 18.5. The van der Waals surface area contributed by atoms with Crippen LogP contribution in [0.1, 0.15) is 87.1 Å². The number of rotatable bonds is 9. The van der Waals surface area contributed by atoms with E-state index in [9.17, 15) is 19.5 Å². The summed E-state index contributed by atoms with van der Waals surface area (Å²) in [6.45, 7) is 15.8. The maximum absolute atomic E-state index is 13.9. The van der Waals surface area contributed by atoms with E-state index >= 15 is 0 Å². The lowest BCUT2D eigenvalue weighted by Gasteiger charge is -2.48. The minimum Gasteiger partial charge on any atom is -0.458 e. The third-order valence-corrected chi connectivity index (χ3v) is 12.0. The van der Waals surface area contributed by atoms with Gasteiger partial charge in [0.2, 0.25) is 0 Å². The Kier molecular flexibility index (Phi) is 15.0. The van der Waals surface area contributed by atoms with Gasteiger partial charge in [-0.1, -0.05) is 62.7 Å². The Bertz CT molecular complexity index is 1530. The number of aliphatic hydroxyl groups excluding tert-OH is 1. The number of nitrogens with zero attached hydrogens (tertiary/aromatic N) is 2. The van der Waals surface area contributed by atoms with Crippen LogP contribution >= 0.6 is 11.6 Å². The molecule has 4 rings (SSSR count). The number of fused-ring (bicyclic) bond motifs is 1. The number of likely N-dealkylation sites (N-methyl/N-ethyl adjacent to an activating group) is 1. The second-order valence-electron chi connectivity index (χ2n) is 16.1. The van der Waals surface area contributed by atoms with E-state index in [1.54, 1.807) is 33.9 Å². The Labute approximate surface area is 330 Å². The molecule has 0 unspecified atom stereocenters. The van der Waals surface area contributed by atoms with Gasteiger partial charge in [-0.15, -0.1) is 0 Å². The van der Waals surface area contributed by atoms with E-state index < -0.39 is 89.8 Å². The van der Waals surface area contributed by atoms with E-state index in [4.69, 9.17) is 49.6 Å². The van der Waals surface area contributed by atoms with Crippen molar-refractivity contribution >= 4 is 35.4 Å². The standard InChI is InChI=1S/C40H61ClN2O12/c1-13-30-40(9)35(54-38(47)55-40)23(4)31(42-49-20-27-16-14-15-17-28(27)41)21(2)19-39(8,48-12)34(24(5)32(45)25(6)36(46)52-30)53-37-33(51-26(7)44)29(43(10)11)18-22(3)50-37/h14-17,21-25,29-30,32-35,37,45H,13,18-20H2,1-12H3/b42-31+/t21-,22-,23+,24+,25-,29+,30-,32+,33-,34-,35-,37+,39-,40-/m1/s1. The van der Waals surface area contributed by atoms with Crippen LogP contribution in [-0.2, 0) is 54.2 Å². The minimum atomic E-state index is -1.41. The average Bonchev–Trinajstić information content (AvgIpc) is 3.44. The molecule has 0 spiro atoms. The molecular weight excluding hydrogens is 736 g/mol. The van der Waals surface area contributed by atoms with Gasteiger partial charge in [-0.2, -0.15) is 0 Å². The van der Waals surface area contributed by atoms with Crippen molar-refractivity contribution in [3.05, 3.63) is 34.9 Å². The Balaban J connectivity index is 1.86. The highest BCUT2D eigenvalue weighted by Gasteiger charge is 2.59. The normalized spacial score (nSPS) is 39.7. The SMILES string of the molecule is CC[C@H]1OC(=O)[C@H](C)[C@@H](O)[C@H](C)[C@@H](O[C@@H]2O[C@H](C)C[C@H](N(C)C)[C@H]2OC(C)=O)[C@](C)(OC)C[C@@H](C)/C(=N\OCc2ccccc2Cl)[C@H](C)[C@H]2OC(=O)O[C@@]21C. The van der Waals surface area contributed by atoms with Crippen molar-refractivity contribution in [2.45, 2.75) is 148 Å². The van der Waals surface area contributed by atoms with Crippen molar-refractivity contribution in [2.75, 3.05) is 21.2 Å². The van der Waals surface area contributed by atoms with E-state index in [0.29, 0.717) is 17.2 Å². The van der Waals surface area contributed by atoms with Crippen LogP contribution in [-0.4, -0.2) is 115 Å². The van der Waals surface area contributed by atoms with E-state index in [-0.39, 0.29) is 31.6 Å². The number of benzene rings is 1. The fourth-order valence-electron chi connectivity index (χ4n) is 8.48. The summed E-state index contributed by atoms with van der Waals surface area (Å²) in [5.74, 6) is -4.07. The molecule has 0 bridgehead atoms. The van der Waals surface area contributed by atoms with E-state index in [2.05, 4.69) is 5.16 Å². The molecule has 3 aliphatic rings. The summed E-state index contributed by atoms with van der Waals surface area (Å²) in [7, 11) is 5.34. The van der Waals surface area contributed by atoms with Gasteiger partial charge in [0.05, 0.1) is 41.6 Å². The molecule has 3 heterocycles. The molecule has 1 N–H and O–H groups in total. The predicted octanol–water partition coefficient (Wildman–Crippen LogP) is 5.92. The first-order valence-electron chi connectivity index (χ1n) is 19.2. The monoisotopic (exact) mass is 796 g/mol. The molecule has 14 atom stereocenters. The topological polar surface area (TPSA) is 161 Å². The maximum atomic E-state index is 13.9. The first-order chi connectivity index (χ1) is 25.8. The van der Waals surface area contributed by atoms with Crippen LogP contribution in [0.4, 0.5) is 4.79 Å². The summed E-state index contributed by atoms with van der Waals surface area (Å²) < 4.78 is 43.2. The fourth-order valence-corrected chi connectivity index (χ4v) is 8.67. The van der Waals surface area contributed by atoms with Gasteiger partial charge in [0.15, 0.2) is 24.1 Å². The zero-order valence-corrected chi connectivity index (χ0v) is 35.0. The molecule has 0 aliphatic carbocycles. The van der Waals surface area contributed by atoms with Crippen molar-refractivity contribution in [2.24, 2.45) is 28.8 Å². The summed E-state index contributed by atoms with van der Waals surface area (Å²) in [6, 6.07) is 7.02. The number of hydrogen-bond donors (Lipinski definition) is 1. The van der Waals surface area contributed by atoms with Gasteiger partial charge in [0.1, 0.15) is 12.7 Å². The number of esters is 2. The molecule has 1 aromatic rings. The lowest BCUT2D eigenvalue weighted by atomic mass is 9.73. The van der Waals surface area contributed by atoms with Gasteiger partial charge >= 0.3 is 18.1 Å². The Morgan fingerprint density at radius 2 is 1.75 bits per heavy atom. The van der Waals surface area contributed by atoms with Crippen molar-refractivity contribution < 1.29 is 57.5 Å². The third kappa shape index (κ3) is 9.93. The fraction of sp³-hybridized carbons (Fsp3) is 0.750. The molecular formula is C40H61ClN2O12. The predicted molar refractivity (Wildman–Crippen MR) is 203 cm³/mol. The van der Waals surface area contributed by atoms with Crippen LogP contribution in [0.2, 0.25) is 5.02 Å². The van der Waals surface area contributed by atoms with Gasteiger partial charge in [-0.3, -0.25) is 9.59 Å². The van der Waals surface area contributed by atoms with Crippen molar-refractivity contribution in [1.82, 2.24) is 4.90 Å². The highest BCUT2D eigenvalue weighted by atomic mass is 35.5. The number of methoxy groups -OCH3 is 1. The molecule has 0 radical (unpaired) electrons. The van der Waals surface area contributed by atoms with Crippen LogP contribution in [0.5, 0.6) is 0 Å². The van der Waals surface area contributed by atoms with Crippen molar-refractivity contribution in [1.29, 1.82) is 0 Å². The zero-order valence-electron chi connectivity index (χ0n) is 34.3. The Hall–Kier alpha value is -3.01. The molecule has 0 amide bonds. The van der Waals surface area contributed by atoms with Crippen LogP contribution in [0.15, 0.2) is 29.4 Å². The number of carbonyl (C=O) groups excluding carboxylic acids is 3. The van der Waals surface area contributed by atoms with Crippen LogP contribution in [0, 0.1) is 23.7 Å². The molecule has 3 saturated heterocycles. The number of ether oxygens (including phenoxy) is 7. The highest BCUT2D eigenvalue weighted by Crippen LogP contribution is 2.43. The van der Waals surface area contributed by atoms with Gasteiger partial charge in [0, 0.05) is 42.4 Å². The molecule has 0 aromatic heterocycles. The van der Waals surface area contributed by atoms with E-state index in [0.717, 1.165) is 5.56 Å². The van der Waals surface area contributed by atoms with Gasteiger partial charge in [-0.05, 0) is 67.1 Å². The van der Waals surface area contributed by atoms with E-state index in [1.165, 1.54) is 6.92 Å². The summed E-state index contributed by atoms with van der Waals surface area (Å²) in [4.78, 5) is 47.2. The largest absolute Gasteiger partial charge is 0.509 e. The molecule has 310 valence electrons. The lowest BCUT2D eigenvalue weighted by Crippen LogP contribution is -2.61. The van der Waals surface area contributed by atoms with Crippen LogP contribution in [0.25, 0.3) is 0 Å². The lowest BCUT2D eigenvalue weighted by molar-refractivity contribution is -0.303. The number of hydrogen-bond acceptors (Lipinski definition) is 14. The highest BCUT2D eigenvalue weighted by molar-refractivity contribution is 6.31. The second-order valence-corrected chi connectivity index (χ2v) is 16.5. The number of cyclic esters (lactones) is 1. The molecule has 3 aliphatic heterocycles. The maximum Gasteiger partial charge on any atom is 0.509 e. The summed E-state index contributed by atoms with van der Waals surface area (Å²) in [5, 5.41) is 17.2. The summed E-state index contributed by atoms with van der Waals surface area (Å²) in [5.41, 5.74) is -1.38. The molecule has 14 nitrogen and oxygen atoms in total.